The number of nitrogens with zero attached hydrogens (tertiary/aromatic N) is 2. The number of hydrogen-bond donors (Lipinski definition) is 2. The van der Waals surface area contributed by atoms with Gasteiger partial charge in [-0.05, 0) is 69.3 Å². The number of nitrogens with one attached hydrogen (secondary N) is 2. The van der Waals surface area contributed by atoms with E-state index >= 15 is 0 Å². The molecule has 6 nitrogen and oxygen atoms in total. The normalized spacial score (nSPS) is 23.1. The molecule has 4 rings (SSSR count). The van der Waals surface area contributed by atoms with Crippen LogP contribution in [0, 0.1) is 12.8 Å². The molecule has 152 valence electrons. The Morgan fingerprint density at radius 3 is 2.48 bits per heavy atom. The summed E-state index contributed by atoms with van der Waals surface area (Å²) in [7, 11) is 0. The fourth-order valence-electron chi connectivity index (χ4n) is 4.66. The molecule has 29 heavy (non-hydrogen) atoms. The van der Waals surface area contributed by atoms with Crippen LogP contribution in [0.3, 0.4) is 0 Å². The average molecular weight is 393 g/mol. The summed E-state index contributed by atoms with van der Waals surface area (Å²) >= 11 is 0. The van der Waals surface area contributed by atoms with Gasteiger partial charge in [-0.1, -0.05) is 36.4 Å². The summed E-state index contributed by atoms with van der Waals surface area (Å²) in [5.41, 5.74) is 2.49. The largest absolute Gasteiger partial charge is 0.323 e. The number of carbonyl (C=O) groups excluding carboxylic acids is 2. The molecule has 0 unspecified atom stereocenters. The summed E-state index contributed by atoms with van der Waals surface area (Å²) in [4.78, 5) is 31.8. The molecule has 3 amide bonds. The number of urea groups is 1. The lowest BCUT2D eigenvalue weighted by Gasteiger charge is -2.40. The first-order chi connectivity index (χ1) is 14.0. The first-order valence-corrected chi connectivity index (χ1v) is 10.4. The third kappa shape index (κ3) is 4.32. The lowest BCUT2D eigenvalue weighted by Crippen LogP contribution is -2.56. The summed E-state index contributed by atoms with van der Waals surface area (Å²) in [5, 5.41) is 5.48. The number of hydrogen-bond acceptors (Lipinski definition) is 4. The van der Waals surface area contributed by atoms with Crippen LogP contribution in [0.15, 0.2) is 48.5 Å². The van der Waals surface area contributed by atoms with Crippen LogP contribution in [0.5, 0.6) is 0 Å². The highest BCUT2D eigenvalue weighted by molar-refractivity contribution is 6.07. The molecule has 2 N–H and O–H groups in total. The molecule has 2 aromatic rings. The molecule has 6 heteroatoms. The zero-order valence-electron chi connectivity index (χ0n) is 16.9. The van der Waals surface area contributed by atoms with Crippen molar-refractivity contribution in [1.82, 2.24) is 20.5 Å². The summed E-state index contributed by atoms with van der Waals surface area (Å²) in [6.07, 6.45) is 3.16. The SMILES string of the molecule is Cc1cccc(CN2CCC([C@]3(CCc4ccccc4)NC(=O)NC3=O)CC2)n1. The second kappa shape index (κ2) is 8.33. The Hall–Kier alpha value is -2.73. The van der Waals surface area contributed by atoms with Crippen molar-refractivity contribution in [2.45, 2.75) is 44.7 Å². The number of likely N-dealkylation sites (tertiary alicyclic amines) is 1. The number of piperidine rings is 1. The van der Waals surface area contributed by atoms with Crippen molar-refractivity contribution >= 4 is 11.9 Å². The van der Waals surface area contributed by atoms with Gasteiger partial charge in [0.25, 0.3) is 5.91 Å². The van der Waals surface area contributed by atoms with Crippen molar-refractivity contribution in [2.75, 3.05) is 13.1 Å². The van der Waals surface area contributed by atoms with Gasteiger partial charge in [0.15, 0.2) is 0 Å². The van der Waals surface area contributed by atoms with Crippen molar-refractivity contribution in [2.24, 2.45) is 5.92 Å². The van der Waals surface area contributed by atoms with Crippen molar-refractivity contribution < 1.29 is 9.59 Å². The average Bonchev–Trinajstić information content (AvgIpc) is 3.02. The maximum absolute atomic E-state index is 12.8. The van der Waals surface area contributed by atoms with Crippen LogP contribution in [0.4, 0.5) is 4.79 Å². The lowest BCUT2D eigenvalue weighted by atomic mass is 9.74. The van der Waals surface area contributed by atoms with E-state index in [-0.39, 0.29) is 17.9 Å². The molecule has 2 fully saturated rings. The maximum Gasteiger partial charge on any atom is 0.322 e. The molecule has 2 aliphatic rings. The van der Waals surface area contributed by atoms with Crippen LogP contribution in [0.2, 0.25) is 0 Å². The number of carbonyl (C=O) groups is 2. The second-order valence-electron chi connectivity index (χ2n) is 8.19. The van der Waals surface area contributed by atoms with Crippen molar-refractivity contribution in [3.8, 4) is 0 Å². The first kappa shape index (κ1) is 19.6. The number of pyridine rings is 1. The standard InChI is InChI=1S/C23H28N4O2/c1-17-6-5-9-20(24-17)16-27-14-11-19(12-15-27)23(21(28)25-22(29)26-23)13-10-18-7-3-2-4-8-18/h2-9,19H,10-16H2,1H3,(H2,25,26,28,29)/t23-/m0/s1. The Labute approximate surface area is 171 Å². The lowest BCUT2D eigenvalue weighted by molar-refractivity contribution is -0.127. The van der Waals surface area contributed by atoms with Crippen LogP contribution >= 0.6 is 0 Å². The molecule has 2 aliphatic heterocycles. The number of amides is 3. The molecule has 3 heterocycles. The van der Waals surface area contributed by atoms with Gasteiger partial charge in [-0.3, -0.25) is 20.0 Å². The van der Waals surface area contributed by atoms with Gasteiger partial charge in [0.2, 0.25) is 0 Å². The highest BCUT2D eigenvalue weighted by Gasteiger charge is 2.51. The third-order valence-electron chi connectivity index (χ3n) is 6.24. The number of rotatable bonds is 6. The van der Waals surface area contributed by atoms with Crippen molar-refractivity contribution in [3.05, 3.63) is 65.5 Å². The zero-order chi connectivity index (χ0) is 20.3. The quantitative estimate of drug-likeness (QED) is 0.742. The van der Waals surface area contributed by atoms with Crippen LogP contribution in [-0.4, -0.2) is 40.5 Å². The van der Waals surface area contributed by atoms with Crippen LogP contribution in [0.1, 0.15) is 36.2 Å². The van der Waals surface area contributed by atoms with Gasteiger partial charge < -0.3 is 5.32 Å². The molecule has 0 aliphatic carbocycles. The van der Waals surface area contributed by atoms with E-state index in [1.54, 1.807) is 0 Å². The van der Waals surface area contributed by atoms with Crippen LogP contribution < -0.4 is 10.6 Å². The molecule has 2 saturated heterocycles. The Morgan fingerprint density at radius 2 is 1.83 bits per heavy atom. The third-order valence-corrected chi connectivity index (χ3v) is 6.24. The van der Waals surface area contributed by atoms with E-state index in [9.17, 15) is 9.59 Å². The minimum absolute atomic E-state index is 0.138. The van der Waals surface area contributed by atoms with Crippen molar-refractivity contribution in [1.29, 1.82) is 0 Å². The van der Waals surface area contributed by atoms with E-state index in [2.05, 4.69) is 38.7 Å². The number of imide groups is 1. The van der Waals surface area contributed by atoms with E-state index < -0.39 is 5.54 Å². The predicted octanol–water partition coefficient (Wildman–Crippen LogP) is 2.81. The van der Waals surface area contributed by atoms with Crippen molar-refractivity contribution in [3.63, 3.8) is 0 Å². The van der Waals surface area contributed by atoms with Gasteiger partial charge >= 0.3 is 6.03 Å². The Kier molecular flexibility index (Phi) is 5.62. The molecule has 0 spiro atoms. The van der Waals surface area contributed by atoms with Crippen LogP contribution in [0.25, 0.3) is 0 Å². The smallest absolute Gasteiger partial charge is 0.322 e. The van der Waals surface area contributed by atoms with Gasteiger partial charge in [0, 0.05) is 12.2 Å². The summed E-state index contributed by atoms with van der Waals surface area (Å²) in [6, 6.07) is 15.9. The minimum Gasteiger partial charge on any atom is -0.323 e. The zero-order valence-corrected chi connectivity index (χ0v) is 16.9. The van der Waals surface area contributed by atoms with Gasteiger partial charge in [0.1, 0.15) is 5.54 Å². The molecule has 0 radical (unpaired) electrons. The highest BCUT2D eigenvalue weighted by Crippen LogP contribution is 2.35. The molecule has 1 aromatic heterocycles. The van der Waals surface area contributed by atoms with E-state index in [1.807, 2.05) is 37.3 Å². The Morgan fingerprint density at radius 1 is 1.07 bits per heavy atom. The molecule has 0 saturated carbocycles. The molecular weight excluding hydrogens is 364 g/mol. The molecular formula is C23H28N4O2. The summed E-state index contributed by atoms with van der Waals surface area (Å²) in [5.74, 6) is -0.0309. The second-order valence-corrected chi connectivity index (χ2v) is 8.19. The first-order valence-electron chi connectivity index (χ1n) is 10.4. The topological polar surface area (TPSA) is 74.3 Å². The number of aromatic nitrogens is 1. The summed E-state index contributed by atoms with van der Waals surface area (Å²) < 4.78 is 0. The monoisotopic (exact) mass is 392 g/mol. The van der Waals surface area contributed by atoms with Gasteiger partial charge in [0.05, 0.1) is 5.69 Å². The fraction of sp³-hybridized carbons (Fsp3) is 0.435. The predicted molar refractivity (Wildman–Crippen MR) is 111 cm³/mol. The van der Waals surface area contributed by atoms with E-state index in [0.717, 1.165) is 50.3 Å². The van der Waals surface area contributed by atoms with E-state index in [0.29, 0.717) is 6.42 Å². The molecule has 1 atom stereocenters. The number of aryl methyl sites for hydroxylation is 2. The van der Waals surface area contributed by atoms with Gasteiger partial charge in [-0.15, -0.1) is 0 Å². The number of benzene rings is 1. The van der Waals surface area contributed by atoms with Gasteiger partial charge in [-0.2, -0.15) is 0 Å². The Bertz CT molecular complexity index is 877. The highest BCUT2D eigenvalue weighted by atomic mass is 16.2. The van der Waals surface area contributed by atoms with Crippen LogP contribution in [-0.2, 0) is 17.8 Å². The van der Waals surface area contributed by atoms with Gasteiger partial charge in [-0.25, -0.2) is 4.79 Å². The summed E-state index contributed by atoms with van der Waals surface area (Å²) in [6.45, 7) is 4.63. The maximum atomic E-state index is 12.8. The Balaban J connectivity index is 1.42. The molecule has 0 bridgehead atoms. The van der Waals surface area contributed by atoms with E-state index in [4.69, 9.17) is 0 Å². The fourth-order valence-corrected chi connectivity index (χ4v) is 4.66. The minimum atomic E-state index is -0.805. The van der Waals surface area contributed by atoms with E-state index in [1.165, 1.54) is 5.56 Å². The molecule has 1 aromatic carbocycles.